The Kier molecular flexibility index (Phi) is 2.32. The first-order chi connectivity index (χ1) is 6.20. The summed E-state index contributed by atoms with van der Waals surface area (Å²) in [4.78, 5) is 0. The van der Waals surface area contributed by atoms with Crippen molar-refractivity contribution in [3.05, 3.63) is 34.9 Å². The van der Waals surface area contributed by atoms with Crippen LogP contribution in [0.4, 0.5) is 0 Å². The van der Waals surface area contributed by atoms with Crippen molar-refractivity contribution in [2.75, 3.05) is 0 Å². The fraction of sp³-hybridized carbons (Fsp3) is 0.333. The van der Waals surface area contributed by atoms with Crippen LogP contribution in [0.15, 0.2) is 24.3 Å². The first-order valence-corrected chi connectivity index (χ1v) is 4.68. The Morgan fingerprint density at radius 3 is 2.54 bits per heavy atom. The summed E-state index contributed by atoms with van der Waals surface area (Å²) >= 11 is 5.97. The third-order valence-electron chi connectivity index (χ3n) is 2.53. The monoisotopic (exact) mass is 196 g/mol. The zero-order chi connectivity index (χ0) is 9.42. The van der Waals surface area contributed by atoms with E-state index in [1.165, 1.54) is 0 Å². The predicted molar refractivity (Wildman–Crippen MR) is 52.8 cm³/mol. The Morgan fingerprint density at radius 2 is 2.00 bits per heavy atom. The molecule has 0 radical (unpaired) electrons. The third-order valence-corrected chi connectivity index (χ3v) is 2.87. The van der Waals surface area contributed by atoms with Crippen LogP contribution in [-0.4, -0.2) is 17.2 Å². The Hall–Kier alpha value is -0.505. The molecule has 1 aliphatic rings. The maximum atomic E-state index is 8.93. The summed E-state index contributed by atoms with van der Waals surface area (Å²) in [6.45, 7) is 0. The highest BCUT2D eigenvalue weighted by molar-refractivity contribution is 6.45. The van der Waals surface area contributed by atoms with Crippen LogP contribution < -0.4 is 0 Å². The van der Waals surface area contributed by atoms with Gasteiger partial charge in [0.1, 0.15) is 0 Å². The van der Waals surface area contributed by atoms with Gasteiger partial charge in [-0.15, -0.1) is 0 Å². The van der Waals surface area contributed by atoms with Crippen LogP contribution in [0.25, 0.3) is 0 Å². The molecule has 0 aliphatic heterocycles. The zero-order valence-electron chi connectivity index (χ0n) is 7.02. The van der Waals surface area contributed by atoms with Crippen molar-refractivity contribution in [3.63, 3.8) is 0 Å². The summed E-state index contributed by atoms with van der Waals surface area (Å²) in [6.07, 6.45) is 0.821. The van der Waals surface area contributed by atoms with E-state index in [9.17, 15) is 0 Å². The van der Waals surface area contributed by atoms with Gasteiger partial charge in [0.2, 0.25) is 0 Å². The van der Waals surface area contributed by atoms with E-state index in [0.717, 1.165) is 17.0 Å². The van der Waals surface area contributed by atoms with Gasteiger partial charge in [-0.3, -0.25) is 0 Å². The molecule has 1 aromatic carbocycles. The molecule has 2 rings (SSSR count). The van der Waals surface area contributed by atoms with Gasteiger partial charge in [-0.1, -0.05) is 29.8 Å². The van der Waals surface area contributed by atoms with Gasteiger partial charge >= 0.3 is 7.12 Å². The first-order valence-electron chi connectivity index (χ1n) is 4.30. The fourth-order valence-electron chi connectivity index (χ4n) is 1.68. The Balaban J connectivity index is 2.16. The maximum absolute atomic E-state index is 8.93. The summed E-state index contributed by atoms with van der Waals surface area (Å²) < 4.78 is 0. The molecule has 0 bridgehead atoms. The van der Waals surface area contributed by atoms with E-state index in [-0.39, 0.29) is 11.7 Å². The fourth-order valence-corrected chi connectivity index (χ4v) is 1.95. The van der Waals surface area contributed by atoms with Crippen LogP contribution in [0.3, 0.4) is 0 Å². The second kappa shape index (κ2) is 3.33. The highest BCUT2D eigenvalue weighted by atomic mass is 35.5. The molecular formula is C9H10BClO2. The molecule has 2 atom stereocenters. The van der Waals surface area contributed by atoms with E-state index < -0.39 is 7.12 Å². The molecule has 1 aromatic rings. The lowest BCUT2D eigenvalue weighted by atomic mass is 9.81. The smallest absolute Gasteiger partial charge is 0.427 e. The van der Waals surface area contributed by atoms with Crippen molar-refractivity contribution >= 4 is 18.7 Å². The predicted octanol–water partition coefficient (Wildman–Crippen LogP) is 1.67. The summed E-state index contributed by atoms with van der Waals surface area (Å²) in [5, 5.41) is 18.6. The van der Waals surface area contributed by atoms with Gasteiger partial charge in [-0.05, 0) is 24.0 Å². The lowest BCUT2D eigenvalue weighted by Crippen LogP contribution is -2.11. The molecule has 2 nitrogen and oxygen atoms in total. The first kappa shape index (κ1) is 9.07. The maximum Gasteiger partial charge on any atom is 0.455 e. The molecule has 1 fully saturated rings. The summed E-state index contributed by atoms with van der Waals surface area (Å²) in [7, 11) is -1.21. The normalized spacial score (nSPS) is 25.8. The standard InChI is InChI=1S/C9H10BClO2/c11-9-4-2-1-3-6(9)7-5-8(7)10(12)13/h1-4,7-8,12-13H,5H2/t7-,8+/m1/s1. The van der Waals surface area contributed by atoms with Gasteiger partial charge in [-0.25, -0.2) is 0 Å². The molecule has 2 N–H and O–H groups in total. The Bertz CT molecular complexity index is 316. The Labute approximate surface area is 82.3 Å². The molecule has 1 aliphatic carbocycles. The minimum absolute atomic E-state index is 0.0279. The van der Waals surface area contributed by atoms with Gasteiger partial charge < -0.3 is 10.0 Å². The van der Waals surface area contributed by atoms with Crippen molar-refractivity contribution in [1.29, 1.82) is 0 Å². The number of halogens is 1. The molecule has 4 heteroatoms. The van der Waals surface area contributed by atoms with Crippen molar-refractivity contribution in [2.24, 2.45) is 0 Å². The van der Waals surface area contributed by atoms with Crippen LogP contribution >= 0.6 is 11.6 Å². The lowest BCUT2D eigenvalue weighted by molar-refractivity contribution is 0.402. The molecule has 0 saturated heterocycles. The van der Waals surface area contributed by atoms with Crippen molar-refractivity contribution in [2.45, 2.75) is 18.2 Å². The van der Waals surface area contributed by atoms with Gasteiger partial charge in [0.05, 0.1) is 0 Å². The Morgan fingerprint density at radius 1 is 1.31 bits per heavy atom. The molecule has 1 saturated carbocycles. The van der Waals surface area contributed by atoms with Crippen LogP contribution in [-0.2, 0) is 0 Å². The van der Waals surface area contributed by atoms with Crippen LogP contribution in [0.1, 0.15) is 17.9 Å². The van der Waals surface area contributed by atoms with Crippen LogP contribution in [0, 0.1) is 0 Å². The van der Waals surface area contributed by atoms with Crippen LogP contribution in [0.5, 0.6) is 0 Å². The van der Waals surface area contributed by atoms with E-state index in [1.807, 2.05) is 24.3 Å². The molecule has 0 amide bonds. The minimum Gasteiger partial charge on any atom is -0.427 e. The SMILES string of the molecule is OB(O)[C@H]1C[C@@H]1c1ccccc1Cl. The highest BCUT2D eigenvalue weighted by Gasteiger charge is 2.46. The molecule has 0 heterocycles. The number of benzene rings is 1. The average molecular weight is 196 g/mol. The van der Waals surface area contributed by atoms with Gasteiger partial charge in [0.15, 0.2) is 0 Å². The molecule has 0 spiro atoms. The lowest BCUT2D eigenvalue weighted by Gasteiger charge is -2.01. The quantitative estimate of drug-likeness (QED) is 0.707. The van der Waals surface area contributed by atoms with Crippen molar-refractivity contribution < 1.29 is 10.0 Å². The van der Waals surface area contributed by atoms with Gasteiger partial charge in [-0.2, -0.15) is 0 Å². The summed E-state index contributed by atoms with van der Waals surface area (Å²) in [5.74, 6) is 0.202. The minimum atomic E-state index is -1.21. The number of hydrogen-bond donors (Lipinski definition) is 2. The second-order valence-electron chi connectivity index (χ2n) is 3.44. The largest absolute Gasteiger partial charge is 0.455 e. The highest BCUT2D eigenvalue weighted by Crippen LogP contribution is 2.55. The van der Waals surface area contributed by atoms with E-state index in [2.05, 4.69) is 0 Å². The van der Waals surface area contributed by atoms with Crippen molar-refractivity contribution in [3.8, 4) is 0 Å². The molecule has 0 aromatic heterocycles. The van der Waals surface area contributed by atoms with E-state index in [4.69, 9.17) is 21.6 Å². The topological polar surface area (TPSA) is 40.5 Å². The second-order valence-corrected chi connectivity index (χ2v) is 3.85. The van der Waals surface area contributed by atoms with E-state index in [1.54, 1.807) is 0 Å². The third kappa shape index (κ3) is 1.73. The summed E-state index contributed by atoms with van der Waals surface area (Å²) in [5.41, 5.74) is 1.03. The van der Waals surface area contributed by atoms with E-state index in [0.29, 0.717) is 0 Å². The average Bonchev–Trinajstić information content (AvgIpc) is 2.84. The molecule has 0 unspecified atom stereocenters. The van der Waals surface area contributed by atoms with Crippen molar-refractivity contribution in [1.82, 2.24) is 0 Å². The molecule has 68 valence electrons. The number of hydrogen-bond acceptors (Lipinski definition) is 2. The summed E-state index contributed by atoms with van der Waals surface area (Å²) in [6, 6.07) is 7.56. The zero-order valence-corrected chi connectivity index (χ0v) is 7.78. The van der Waals surface area contributed by atoms with Gasteiger partial charge in [0, 0.05) is 10.8 Å². The van der Waals surface area contributed by atoms with E-state index >= 15 is 0 Å². The van der Waals surface area contributed by atoms with Crippen LogP contribution in [0.2, 0.25) is 10.8 Å². The number of rotatable bonds is 2. The van der Waals surface area contributed by atoms with Gasteiger partial charge in [0.25, 0.3) is 0 Å². The molecule has 13 heavy (non-hydrogen) atoms. The molecular weight excluding hydrogens is 186 g/mol.